The van der Waals surface area contributed by atoms with E-state index in [1.807, 2.05) is 18.2 Å². The van der Waals surface area contributed by atoms with Crippen LogP contribution in [0.1, 0.15) is 18.4 Å². The van der Waals surface area contributed by atoms with E-state index in [1.165, 1.54) is 18.4 Å². The molecule has 0 atom stereocenters. The van der Waals surface area contributed by atoms with E-state index in [-0.39, 0.29) is 0 Å². The molecule has 0 aliphatic heterocycles. The van der Waals surface area contributed by atoms with Gasteiger partial charge in [0.2, 0.25) is 5.95 Å². The van der Waals surface area contributed by atoms with Crippen LogP contribution in [0.15, 0.2) is 36.5 Å². The molecule has 1 N–H and O–H groups in total. The van der Waals surface area contributed by atoms with Crippen molar-refractivity contribution in [2.45, 2.75) is 25.8 Å². The number of anilines is 1. The van der Waals surface area contributed by atoms with Gasteiger partial charge in [0, 0.05) is 17.7 Å². The first-order chi connectivity index (χ1) is 9.79. The van der Waals surface area contributed by atoms with Crippen molar-refractivity contribution in [1.82, 2.24) is 19.6 Å². The number of hydrogen-bond donors (Lipinski definition) is 1. The quantitative estimate of drug-likeness (QED) is 0.791. The number of benzene rings is 1. The van der Waals surface area contributed by atoms with Gasteiger partial charge in [-0.1, -0.05) is 23.8 Å². The van der Waals surface area contributed by atoms with Crippen molar-refractivity contribution in [1.29, 1.82) is 0 Å². The number of aromatic nitrogens is 4. The summed E-state index contributed by atoms with van der Waals surface area (Å²) >= 11 is 0. The summed E-state index contributed by atoms with van der Waals surface area (Å²) in [6, 6.07) is 10.7. The van der Waals surface area contributed by atoms with Crippen LogP contribution in [0.3, 0.4) is 0 Å². The lowest BCUT2D eigenvalue weighted by Crippen LogP contribution is -2.11. The predicted octanol–water partition coefficient (Wildman–Crippen LogP) is 2.67. The largest absolute Gasteiger partial charge is 0.351 e. The highest BCUT2D eigenvalue weighted by molar-refractivity contribution is 5.61. The van der Waals surface area contributed by atoms with Crippen LogP contribution in [0.4, 0.5) is 5.95 Å². The van der Waals surface area contributed by atoms with Crippen molar-refractivity contribution in [3.05, 3.63) is 42.1 Å². The minimum absolute atomic E-state index is 0.530. The molecule has 20 heavy (non-hydrogen) atoms. The van der Waals surface area contributed by atoms with Crippen molar-refractivity contribution in [3.8, 4) is 11.4 Å². The number of rotatable bonds is 3. The topological polar surface area (TPSA) is 55.1 Å². The van der Waals surface area contributed by atoms with Crippen molar-refractivity contribution in [2.24, 2.45) is 0 Å². The molecule has 0 unspecified atom stereocenters. The van der Waals surface area contributed by atoms with Crippen LogP contribution in [0.2, 0.25) is 0 Å². The molecule has 3 aromatic rings. The zero-order valence-electron chi connectivity index (χ0n) is 11.2. The molecule has 1 fully saturated rings. The van der Waals surface area contributed by atoms with Gasteiger partial charge in [0.25, 0.3) is 0 Å². The van der Waals surface area contributed by atoms with Gasteiger partial charge in [-0.3, -0.25) is 0 Å². The van der Waals surface area contributed by atoms with Crippen LogP contribution < -0.4 is 5.32 Å². The number of hydrogen-bond acceptors (Lipinski definition) is 4. The lowest BCUT2D eigenvalue weighted by atomic mass is 10.1. The average molecular weight is 265 g/mol. The van der Waals surface area contributed by atoms with E-state index in [1.54, 1.807) is 10.7 Å². The van der Waals surface area contributed by atoms with E-state index in [2.05, 4.69) is 39.4 Å². The van der Waals surface area contributed by atoms with Crippen molar-refractivity contribution < 1.29 is 0 Å². The smallest absolute Gasteiger partial charge is 0.228 e. The minimum atomic E-state index is 0.530. The molecule has 0 radical (unpaired) electrons. The van der Waals surface area contributed by atoms with Crippen LogP contribution in [0.5, 0.6) is 0 Å². The van der Waals surface area contributed by atoms with E-state index in [9.17, 15) is 0 Å². The van der Waals surface area contributed by atoms with E-state index in [0.717, 1.165) is 23.0 Å². The Morgan fingerprint density at radius 3 is 2.90 bits per heavy atom. The number of aryl methyl sites for hydroxylation is 1. The summed E-state index contributed by atoms with van der Waals surface area (Å²) in [6.45, 7) is 2.07. The van der Waals surface area contributed by atoms with Crippen LogP contribution in [-0.2, 0) is 0 Å². The maximum absolute atomic E-state index is 4.64. The second-order valence-corrected chi connectivity index (χ2v) is 5.26. The molecule has 2 heterocycles. The summed E-state index contributed by atoms with van der Waals surface area (Å²) in [5.41, 5.74) is 3.06. The van der Waals surface area contributed by atoms with E-state index < -0.39 is 0 Å². The zero-order valence-corrected chi connectivity index (χ0v) is 11.2. The third-order valence-electron chi connectivity index (χ3n) is 3.44. The molecule has 100 valence electrons. The van der Waals surface area contributed by atoms with E-state index in [4.69, 9.17) is 0 Å². The number of nitrogens with one attached hydrogen (secondary N) is 1. The molecular weight excluding hydrogens is 250 g/mol. The Morgan fingerprint density at radius 2 is 2.10 bits per heavy atom. The molecule has 0 bridgehead atoms. The summed E-state index contributed by atoms with van der Waals surface area (Å²) in [5, 5.41) is 7.70. The van der Waals surface area contributed by atoms with Crippen LogP contribution in [0.25, 0.3) is 17.0 Å². The molecule has 0 saturated heterocycles. The summed E-state index contributed by atoms with van der Waals surface area (Å²) in [6.07, 6.45) is 4.15. The van der Waals surface area contributed by atoms with Gasteiger partial charge in [-0.2, -0.15) is 14.6 Å². The Kier molecular flexibility index (Phi) is 2.45. The highest BCUT2D eigenvalue weighted by Crippen LogP contribution is 2.25. The van der Waals surface area contributed by atoms with Gasteiger partial charge >= 0.3 is 0 Å². The number of nitrogens with zero attached hydrogens (tertiary/aromatic N) is 4. The molecule has 5 heteroatoms. The SMILES string of the molecule is Cc1cccc(-c2nc(NC3CC3)n3nccc3n2)c1. The third-order valence-corrected chi connectivity index (χ3v) is 3.44. The highest BCUT2D eigenvalue weighted by atomic mass is 15.4. The Morgan fingerprint density at radius 1 is 1.20 bits per heavy atom. The van der Waals surface area contributed by atoms with Gasteiger partial charge in [0.05, 0.1) is 6.20 Å². The first-order valence-corrected chi connectivity index (χ1v) is 6.85. The van der Waals surface area contributed by atoms with Gasteiger partial charge in [0.1, 0.15) is 0 Å². The fourth-order valence-corrected chi connectivity index (χ4v) is 2.24. The van der Waals surface area contributed by atoms with Gasteiger partial charge in [-0.05, 0) is 25.8 Å². The predicted molar refractivity (Wildman–Crippen MR) is 77.6 cm³/mol. The summed E-state index contributed by atoms with van der Waals surface area (Å²) < 4.78 is 1.76. The lowest BCUT2D eigenvalue weighted by molar-refractivity contribution is 0.883. The molecule has 4 rings (SSSR count). The summed E-state index contributed by atoms with van der Waals surface area (Å²) in [7, 11) is 0. The average Bonchev–Trinajstić information content (AvgIpc) is 3.13. The first-order valence-electron chi connectivity index (χ1n) is 6.85. The molecule has 5 nitrogen and oxygen atoms in total. The Hall–Kier alpha value is -2.43. The monoisotopic (exact) mass is 265 g/mol. The first kappa shape index (κ1) is 11.4. The molecule has 1 aliphatic rings. The number of fused-ring (bicyclic) bond motifs is 1. The van der Waals surface area contributed by atoms with E-state index >= 15 is 0 Å². The maximum Gasteiger partial charge on any atom is 0.228 e. The summed E-state index contributed by atoms with van der Waals surface area (Å²) in [5.74, 6) is 1.52. The van der Waals surface area contributed by atoms with Crippen molar-refractivity contribution in [3.63, 3.8) is 0 Å². The fraction of sp³-hybridized carbons (Fsp3) is 0.267. The Balaban J connectivity index is 1.86. The minimum Gasteiger partial charge on any atom is -0.351 e. The molecular formula is C15H15N5. The standard InChI is InChI=1S/C15H15N5/c1-10-3-2-4-11(9-10)14-18-13-7-8-16-20(13)15(19-14)17-12-5-6-12/h2-4,7-9,12H,5-6H2,1H3,(H,17,18,19). The van der Waals surface area contributed by atoms with E-state index in [0.29, 0.717) is 6.04 Å². The van der Waals surface area contributed by atoms with Gasteiger partial charge in [-0.25, -0.2) is 4.98 Å². The molecule has 0 spiro atoms. The molecule has 1 saturated carbocycles. The van der Waals surface area contributed by atoms with Gasteiger partial charge in [0.15, 0.2) is 11.5 Å². The van der Waals surface area contributed by atoms with Crippen LogP contribution in [-0.4, -0.2) is 25.6 Å². The zero-order chi connectivity index (χ0) is 13.5. The third kappa shape index (κ3) is 2.01. The van der Waals surface area contributed by atoms with Crippen molar-refractivity contribution in [2.75, 3.05) is 5.32 Å². The highest BCUT2D eigenvalue weighted by Gasteiger charge is 2.23. The fourth-order valence-electron chi connectivity index (χ4n) is 2.24. The molecule has 1 aromatic carbocycles. The van der Waals surface area contributed by atoms with Crippen molar-refractivity contribution >= 4 is 11.6 Å². The second kappa shape index (κ2) is 4.30. The Labute approximate surface area is 116 Å². The van der Waals surface area contributed by atoms with Gasteiger partial charge < -0.3 is 5.32 Å². The molecule has 1 aliphatic carbocycles. The lowest BCUT2D eigenvalue weighted by Gasteiger charge is -2.08. The van der Waals surface area contributed by atoms with Crippen LogP contribution in [0, 0.1) is 6.92 Å². The maximum atomic E-state index is 4.64. The van der Waals surface area contributed by atoms with Crippen LogP contribution >= 0.6 is 0 Å². The Bertz CT molecular complexity index is 773. The molecule has 0 amide bonds. The molecule has 2 aromatic heterocycles. The normalized spacial score (nSPS) is 14.7. The second-order valence-electron chi connectivity index (χ2n) is 5.26. The van der Waals surface area contributed by atoms with Gasteiger partial charge in [-0.15, -0.1) is 0 Å². The summed E-state index contributed by atoms with van der Waals surface area (Å²) in [4.78, 5) is 9.23.